The molecule has 0 atom stereocenters. The molecule has 1 N–H and O–H groups in total. The number of hydrogen-bond acceptors (Lipinski definition) is 5. The van der Waals surface area contributed by atoms with Crippen LogP contribution in [0.2, 0.25) is 0 Å². The van der Waals surface area contributed by atoms with Gasteiger partial charge in [-0.1, -0.05) is 18.2 Å². The van der Waals surface area contributed by atoms with E-state index in [1.807, 2.05) is 0 Å². The van der Waals surface area contributed by atoms with E-state index >= 15 is 0 Å². The van der Waals surface area contributed by atoms with Crippen molar-refractivity contribution in [3.8, 4) is 11.3 Å². The smallest absolute Gasteiger partial charge is 0.304 e. The predicted octanol–water partition coefficient (Wildman–Crippen LogP) is 3.46. The zero-order valence-corrected chi connectivity index (χ0v) is 14.1. The van der Waals surface area contributed by atoms with Gasteiger partial charge in [0.2, 0.25) is 0 Å². The van der Waals surface area contributed by atoms with E-state index in [1.165, 1.54) is 59.8 Å². The molecule has 4 rings (SSSR count). The van der Waals surface area contributed by atoms with Crippen molar-refractivity contribution in [1.82, 2.24) is 24.3 Å². The largest absolute Gasteiger partial charge is 0.417 e. The molecule has 0 radical (unpaired) electrons. The highest BCUT2D eigenvalue weighted by atomic mass is 19.4. The molecule has 0 saturated carbocycles. The second-order valence-corrected chi connectivity index (χ2v) is 5.72. The lowest BCUT2D eigenvalue weighted by molar-refractivity contribution is -0.137. The number of aromatic nitrogens is 5. The van der Waals surface area contributed by atoms with E-state index in [9.17, 15) is 18.0 Å². The van der Waals surface area contributed by atoms with Crippen molar-refractivity contribution < 1.29 is 18.0 Å². The first-order chi connectivity index (χ1) is 13.4. The fourth-order valence-corrected chi connectivity index (χ4v) is 2.70. The number of carbonyl (C=O) groups excluding carboxylic acids is 1. The maximum atomic E-state index is 13.3. The standard InChI is InChI=1S/C18H11F3N6O/c19-18(20,21)12-4-2-1-3-11(12)13-10-27-8-7-24-15(16(27)25-13)17(28)26-14-9-22-5-6-23-14/h1-10H,(H,23,26,28). The Morgan fingerprint density at radius 2 is 1.89 bits per heavy atom. The molecule has 1 aromatic carbocycles. The van der Waals surface area contributed by atoms with E-state index in [1.54, 1.807) is 0 Å². The Kier molecular flexibility index (Phi) is 4.22. The molecule has 0 spiro atoms. The van der Waals surface area contributed by atoms with Gasteiger partial charge in [-0.2, -0.15) is 13.2 Å². The summed E-state index contributed by atoms with van der Waals surface area (Å²) < 4.78 is 41.4. The molecule has 140 valence electrons. The van der Waals surface area contributed by atoms with Crippen LogP contribution in [0, 0.1) is 0 Å². The normalized spacial score (nSPS) is 11.5. The van der Waals surface area contributed by atoms with Crippen molar-refractivity contribution in [3.05, 3.63) is 72.7 Å². The summed E-state index contributed by atoms with van der Waals surface area (Å²) in [5, 5.41) is 2.53. The van der Waals surface area contributed by atoms with Gasteiger partial charge >= 0.3 is 6.18 Å². The average Bonchev–Trinajstić information content (AvgIpc) is 3.12. The molecule has 10 heteroatoms. The van der Waals surface area contributed by atoms with E-state index in [-0.39, 0.29) is 28.4 Å². The van der Waals surface area contributed by atoms with E-state index in [4.69, 9.17) is 0 Å². The van der Waals surface area contributed by atoms with Crippen LogP contribution in [-0.4, -0.2) is 30.2 Å². The summed E-state index contributed by atoms with van der Waals surface area (Å²) in [6.45, 7) is 0. The molecule has 4 aromatic rings. The van der Waals surface area contributed by atoms with Gasteiger partial charge in [-0.15, -0.1) is 0 Å². The second-order valence-electron chi connectivity index (χ2n) is 5.72. The van der Waals surface area contributed by atoms with Crippen LogP contribution in [0.15, 0.2) is 61.4 Å². The Morgan fingerprint density at radius 1 is 1.07 bits per heavy atom. The predicted molar refractivity (Wildman–Crippen MR) is 93.4 cm³/mol. The molecule has 28 heavy (non-hydrogen) atoms. The highest BCUT2D eigenvalue weighted by Crippen LogP contribution is 2.36. The maximum absolute atomic E-state index is 13.3. The topological polar surface area (TPSA) is 85.1 Å². The van der Waals surface area contributed by atoms with Crippen molar-refractivity contribution in [2.24, 2.45) is 0 Å². The van der Waals surface area contributed by atoms with E-state index in [2.05, 4.69) is 25.3 Å². The average molecular weight is 384 g/mol. The van der Waals surface area contributed by atoms with Gasteiger partial charge in [-0.05, 0) is 6.07 Å². The van der Waals surface area contributed by atoms with Gasteiger partial charge in [0.15, 0.2) is 17.2 Å². The van der Waals surface area contributed by atoms with E-state index < -0.39 is 17.6 Å². The van der Waals surface area contributed by atoms with Crippen LogP contribution in [0.25, 0.3) is 16.9 Å². The minimum Gasteiger partial charge on any atom is -0.304 e. The summed E-state index contributed by atoms with van der Waals surface area (Å²) in [4.78, 5) is 28.6. The summed E-state index contributed by atoms with van der Waals surface area (Å²) in [7, 11) is 0. The molecule has 0 aliphatic heterocycles. The lowest BCUT2D eigenvalue weighted by atomic mass is 10.1. The van der Waals surface area contributed by atoms with Gasteiger partial charge in [0.25, 0.3) is 5.91 Å². The van der Waals surface area contributed by atoms with Crippen molar-refractivity contribution >= 4 is 17.4 Å². The number of hydrogen-bond donors (Lipinski definition) is 1. The minimum absolute atomic E-state index is 0.0520. The van der Waals surface area contributed by atoms with Crippen LogP contribution >= 0.6 is 0 Å². The Hall–Kier alpha value is -3.82. The lowest BCUT2D eigenvalue weighted by Gasteiger charge is -2.10. The number of halogens is 3. The monoisotopic (exact) mass is 384 g/mol. The number of amides is 1. The third kappa shape index (κ3) is 3.27. The van der Waals surface area contributed by atoms with Crippen LogP contribution in [0.3, 0.4) is 0 Å². The number of rotatable bonds is 3. The minimum atomic E-state index is -4.53. The molecule has 0 aliphatic rings. The number of carbonyl (C=O) groups is 1. The van der Waals surface area contributed by atoms with Gasteiger partial charge in [0, 0.05) is 36.5 Å². The highest BCUT2D eigenvalue weighted by Gasteiger charge is 2.34. The molecule has 3 aromatic heterocycles. The summed E-state index contributed by atoms with van der Waals surface area (Å²) in [5.41, 5.74) is -0.745. The van der Waals surface area contributed by atoms with Gasteiger partial charge in [0.05, 0.1) is 17.5 Å². The molecule has 0 aliphatic carbocycles. The Balaban J connectivity index is 1.78. The number of nitrogens with one attached hydrogen (secondary N) is 1. The molecule has 0 fully saturated rings. The van der Waals surface area contributed by atoms with Crippen LogP contribution in [0.1, 0.15) is 16.1 Å². The van der Waals surface area contributed by atoms with E-state index in [0.717, 1.165) is 6.07 Å². The van der Waals surface area contributed by atoms with Crippen molar-refractivity contribution in [2.75, 3.05) is 5.32 Å². The SMILES string of the molecule is O=C(Nc1cnccn1)c1nccn2cc(-c3ccccc3C(F)(F)F)nc12. The molecule has 0 unspecified atom stereocenters. The number of anilines is 1. The Labute approximate surface area is 155 Å². The molecule has 1 amide bonds. The molecule has 0 saturated heterocycles. The van der Waals surface area contributed by atoms with Crippen molar-refractivity contribution in [1.29, 1.82) is 0 Å². The number of alkyl halides is 3. The third-order valence-corrected chi connectivity index (χ3v) is 3.90. The quantitative estimate of drug-likeness (QED) is 0.585. The van der Waals surface area contributed by atoms with Crippen LogP contribution in [0.4, 0.5) is 19.0 Å². The van der Waals surface area contributed by atoms with Crippen LogP contribution < -0.4 is 5.32 Å². The molecule has 3 heterocycles. The highest BCUT2D eigenvalue weighted by molar-refractivity contribution is 6.06. The summed E-state index contributed by atoms with van der Waals surface area (Å²) in [5.74, 6) is -0.391. The number of benzene rings is 1. The lowest BCUT2D eigenvalue weighted by Crippen LogP contribution is -2.16. The second kappa shape index (κ2) is 6.72. The third-order valence-electron chi connectivity index (χ3n) is 3.90. The van der Waals surface area contributed by atoms with Gasteiger partial charge in [-0.25, -0.2) is 15.0 Å². The van der Waals surface area contributed by atoms with E-state index in [0.29, 0.717) is 0 Å². The molecular formula is C18H11F3N6O. The number of nitrogens with zero attached hydrogens (tertiary/aromatic N) is 5. The zero-order chi connectivity index (χ0) is 19.7. The number of fused-ring (bicyclic) bond motifs is 1. The Morgan fingerprint density at radius 3 is 2.64 bits per heavy atom. The summed E-state index contributed by atoms with van der Waals surface area (Å²) in [6.07, 6.45) is 3.96. The van der Waals surface area contributed by atoms with Gasteiger partial charge in [0.1, 0.15) is 0 Å². The van der Waals surface area contributed by atoms with Crippen molar-refractivity contribution in [2.45, 2.75) is 6.18 Å². The summed E-state index contributed by atoms with van der Waals surface area (Å²) >= 11 is 0. The fourth-order valence-electron chi connectivity index (χ4n) is 2.70. The van der Waals surface area contributed by atoms with Crippen LogP contribution in [-0.2, 0) is 6.18 Å². The van der Waals surface area contributed by atoms with Gasteiger partial charge < -0.3 is 9.72 Å². The maximum Gasteiger partial charge on any atom is 0.417 e. The van der Waals surface area contributed by atoms with Crippen molar-refractivity contribution in [3.63, 3.8) is 0 Å². The van der Waals surface area contributed by atoms with Crippen LogP contribution in [0.5, 0.6) is 0 Å². The first-order valence-electron chi connectivity index (χ1n) is 8.01. The summed E-state index contributed by atoms with van der Waals surface area (Å²) in [6, 6.07) is 5.12. The first-order valence-corrected chi connectivity index (χ1v) is 8.01. The van der Waals surface area contributed by atoms with Gasteiger partial charge in [-0.3, -0.25) is 9.78 Å². The first kappa shape index (κ1) is 17.6. The fraction of sp³-hybridized carbons (Fsp3) is 0.0556. The Bertz CT molecular complexity index is 1160. The molecule has 7 nitrogen and oxygen atoms in total. The molecular weight excluding hydrogens is 373 g/mol. The molecule has 0 bridgehead atoms. The zero-order valence-electron chi connectivity index (χ0n) is 14.1. The number of imidazole rings is 1.